The van der Waals surface area contributed by atoms with Crippen molar-refractivity contribution < 1.29 is 0 Å². The maximum atomic E-state index is 3.49. The third-order valence-electron chi connectivity index (χ3n) is 3.34. The van der Waals surface area contributed by atoms with E-state index in [2.05, 4.69) is 64.8 Å². The molecule has 98 valence electrons. The highest BCUT2D eigenvalue weighted by Crippen LogP contribution is 2.17. The number of aryl methyl sites for hydroxylation is 1. The third-order valence-corrected chi connectivity index (χ3v) is 4.21. The first kappa shape index (κ1) is 12.5. The monoisotopic (exact) mass is 270 g/mol. The highest BCUT2D eigenvalue weighted by Gasteiger charge is 2.00. The molecule has 2 heterocycles. The first-order chi connectivity index (χ1) is 9.33. The zero-order valence-corrected chi connectivity index (χ0v) is 11.9. The summed E-state index contributed by atoms with van der Waals surface area (Å²) in [6, 6.07) is 13.1. The number of thiophene rings is 1. The second-order valence-corrected chi connectivity index (χ2v) is 5.86. The minimum atomic E-state index is 0.968. The summed E-state index contributed by atoms with van der Waals surface area (Å²) in [6.07, 6.45) is 2.18. The number of nitrogens with zero attached hydrogens (tertiary/aromatic N) is 1. The fourth-order valence-electron chi connectivity index (χ4n) is 2.34. The fraction of sp³-hybridized carbons (Fsp3) is 0.250. The minimum Gasteiger partial charge on any atom is -0.346 e. The van der Waals surface area contributed by atoms with Gasteiger partial charge in [0.1, 0.15) is 0 Å². The van der Waals surface area contributed by atoms with Crippen molar-refractivity contribution in [2.75, 3.05) is 6.54 Å². The van der Waals surface area contributed by atoms with Crippen molar-refractivity contribution in [2.24, 2.45) is 0 Å². The molecule has 3 heteroatoms. The zero-order valence-electron chi connectivity index (χ0n) is 11.1. The van der Waals surface area contributed by atoms with Gasteiger partial charge in [-0.3, -0.25) is 0 Å². The van der Waals surface area contributed by atoms with Gasteiger partial charge in [0.25, 0.3) is 0 Å². The van der Waals surface area contributed by atoms with Gasteiger partial charge < -0.3 is 9.88 Å². The van der Waals surface area contributed by atoms with Crippen LogP contribution < -0.4 is 5.32 Å². The molecule has 2 aromatic heterocycles. The zero-order chi connectivity index (χ0) is 13.1. The van der Waals surface area contributed by atoms with Crippen LogP contribution in [-0.4, -0.2) is 11.1 Å². The van der Waals surface area contributed by atoms with Gasteiger partial charge in [0.05, 0.1) is 0 Å². The molecule has 0 radical (unpaired) electrons. The molecule has 0 aliphatic heterocycles. The van der Waals surface area contributed by atoms with Crippen LogP contribution in [-0.2, 0) is 13.1 Å². The number of hydrogen-bond donors (Lipinski definition) is 1. The molecule has 0 amide bonds. The summed E-state index contributed by atoms with van der Waals surface area (Å²) in [6.45, 7) is 5.11. The van der Waals surface area contributed by atoms with Gasteiger partial charge >= 0.3 is 0 Å². The summed E-state index contributed by atoms with van der Waals surface area (Å²) in [4.78, 5) is 1.40. The summed E-state index contributed by atoms with van der Waals surface area (Å²) >= 11 is 1.81. The quantitative estimate of drug-likeness (QED) is 0.698. The van der Waals surface area contributed by atoms with Gasteiger partial charge in [0.15, 0.2) is 0 Å². The summed E-state index contributed by atoms with van der Waals surface area (Å²) in [5.41, 5.74) is 2.64. The predicted octanol–water partition coefficient (Wildman–Crippen LogP) is 3.80. The second-order valence-electron chi connectivity index (χ2n) is 4.83. The Labute approximate surface area is 117 Å². The molecule has 0 saturated heterocycles. The van der Waals surface area contributed by atoms with E-state index in [1.807, 2.05) is 0 Å². The minimum absolute atomic E-state index is 0.968. The molecule has 0 spiro atoms. The van der Waals surface area contributed by atoms with Gasteiger partial charge in [-0.1, -0.05) is 17.7 Å². The van der Waals surface area contributed by atoms with Crippen LogP contribution in [0.4, 0.5) is 0 Å². The molecule has 2 nitrogen and oxygen atoms in total. The first-order valence-corrected chi connectivity index (χ1v) is 7.49. The van der Waals surface area contributed by atoms with Gasteiger partial charge in [0.2, 0.25) is 0 Å². The van der Waals surface area contributed by atoms with E-state index in [1.54, 1.807) is 11.3 Å². The molecule has 0 saturated carbocycles. The molecule has 19 heavy (non-hydrogen) atoms. The van der Waals surface area contributed by atoms with Crippen molar-refractivity contribution in [2.45, 2.75) is 20.0 Å². The number of aromatic nitrogens is 1. The van der Waals surface area contributed by atoms with Crippen molar-refractivity contribution in [1.29, 1.82) is 0 Å². The van der Waals surface area contributed by atoms with Gasteiger partial charge in [-0.15, -0.1) is 11.3 Å². The Bertz CT molecular complexity index is 653. The molecule has 3 aromatic rings. The third kappa shape index (κ3) is 2.88. The lowest BCUT2D eigenvalue weighted by Gasteiger charge is -2.07. The summed E-state index contributed by atoms with van der Waals surface area (Å²) in [5, 5.41) is 6.95. The highest BCUT2D eigenvalue weighted by molar-refractivity contribution is 7.09. The van der Waals surface area contributed by atoms with Crippen molar-refractivity contribution >= 4 is 22.2 Å². The lowest BCUT2D eigenvalue weighted by Crippen LogP contribution is -2.18. The molecule has 0 aliphatic carbocycles. The van der Waals surface area contributed by atoms with Gasteiger partial charge in [-0.05, 0) is 42.0 Å². The van der Waals surface area contributed by atoms with Gasteiger partial charge in [0, 0.05) is 36.2 Å². The van der Waals surface area contributed by atoms with Crippen LogP contribution in [0.25, 0.3) is 10.9 Å². The smallest absolute Gasteiger partial charge is 0.0480 e. The number of rotatable bonds is 5. The van der Waals surface area contributed by atoms with E-state index < -0.39 is 0 Å². The van der Waals surface area contributed by atoms with Crippen LogP contribution in [0.1, 0.15) is 10.4 Å². The lowest BCUT2D eigenvalue weighted by molar-refractivity contribution is 0.613. The Morgan fingerprint density at radius 2 is 2.16 bits per heavy atom. The number of nitrogens with one attached hydrogen (secondary N) is 1. The summed E-state index contributed by atoms with van der Waals surface area (Å²) < 4.78 is 2.32. The van der Waals surface area contributed by atoms with E-state index in [9.17, 15) is 0 Å². The molecule has 0 bridgehead atoms. The number of fused-ring (bicyclic) bond motifs is 1. The van der Waals surface area contributed by atoms with Gasteiger partial charge in [-0.2, -0.15) is 0 Å². The molecule has 1 aromatic carbocycles. The fourth-order valence-corrected chi connectivity index (χ4v) is 3.01. The molecule has 0 aliphatic rings. The second kappa shape index (κ2) is 5.59. The van der Waals surface area contributed by atoms with Gasteiger partial charge in [-0.25, -0.2) is 0 Å². The Morgan fingerprint density at radius 1 is 1.21 bits per heavy atom. The van der Waals surface area contributed by atoms with Crippen molar-refractivity contribution in [3.8, 4) is 0 Å². The van der Waals surface area contributed by atoms with E-state index in [-0.39, 0.29) is 0 Å². The molecule has 1 N–H and O–H groups in total. The Kier molecular flexibility index (Phi) is 3.67. The van der Waals surface area contributed by atoms with E-state index in [0.717, 1.165) is 19.6 Å². The van der Waals surface area contributed by atoms with E-state index in [1.165, 1.54) is 21.3 Å². The Morgan fingerprint density at radius 3 is 3.00 bits per heavy atom. The van der Waals surface area contributed by atoms with Crippen LogP contribution in [0.2, 0.25) is 0 Å². The summed E-state index contributed by atoms with van der Waals surface area (Å²) in [5.74, 6) is 0. The summed E-state index contributed by atoms with van der Waals surface area (Å²) in [7, 11) is 0. The molecular formula is C16H18N2S. The van der Waals surface area contributed by atoms with Crippen molar-refractivity contribution in [3.63, 3.8) is 0 Å². The van der Waals surface area contributed by atoms with Crippen LogP contribution in [0, 0.1) is 6.92 Å². The average molecular weight is 270 g/mol. The SMILES string of the molecule is Cc1ccc2c(ccn2CCNCc2cccs2)c1. The molecule has 0 atom stereocenters. The number of hydrogen-bond acceptors (Lipinski definition) is 2. The number of benzene rings is 1. The maximum Gasteiger partial charge on any atom is 0.0480 e. The van der Waals surface area contributed by atoms with Crippen LogP contribution >= 0.6 is 11.3 Å². The lowest BCUT2D eigenvalue weighted by atomic mass is 10.2. The largest absolute Gasteiger partial charge is 0.346 e. The Balaban J connectivity index is 1.59. The Hall–Kier alpha value is -1.58. The average Bonchev–Trinajstić information content (AvgIpc) is 3.03. The molecular weight excluding hydrogens is 252 g/mol. The standard InChI is InChI=1S/C16H18N2S/c1-13-4-5-16-14(11-13)6-8-18(16)9-7-17-12-15-3-2-10-19-15/h2-6,8,10-11,17H,7,9,12H2,1H3. The molecule has 0 fully saturated rings. The van der Waals surface area contributed by atoms with Crippen LogP contribution in [0.15, 0.2) is 48.0 Å². The van der Waals surface area contributed by atoms with E-state index in [0.29, 0.717) is 0 Å². The molecule has 0 unspecified atom stereocenters. The van der Waals surface area contributed by atoms with E-state index >= 15 is 0 Å². The van der Waals surface area contributed by atoms with E-state index in [4.69, 9.17) is 0 Å². The van der Waals surface area contributed by atoms with Crippen LogP contribution in [0.5, 0.6) is 0 Å². The topological polar surface area (TPSA) is 17.0 Å². The van der Waals surface area contributed by atoms with Crippen molar-refractivity contribution in [3.05, 3.63) is 58.4 Å². The van der Waals surface area contributed by atoms with Crippen LogP contribution in [0.3, 0.4) is 0 Å². The first-order valence-electron chi connectivity index (χ1n) is 6.61. The van der Waals surface area contributed by atoms with Crippen molar-refractivity contribution in [1.82, 2.24) is 9.88 Å². The molecule has 3 rings (SSSR count). The maximum absolute atomic E-state index is 3.49. The normalized spacial score (nSPS) is 11.2. The predicted molar refractivity (Wildman–Crippen MR) is 82.7 cm³/mol. The highest BCUT2D eigenvalue weighted by atomic mass is 32.1.